The Kier molecular flexibility index (Phi) is 1.98. The zero-order chi connectivity index (χ0) is 6.91. The van der Waals surface area contributed by atoms with Crippen LogP contribution in [0.2, 0.25) is 0 Å². The van der Waals surface area contributed by atoms with Crippen LogP contribution in [0.3, 0.4) is 0 Å². The highest BCUT2D eigenvalue weighted by molar-refractivity contribution is 8.14. The topological polar surface area (TPSA) is 46.2 Å². The average Bonchev–Trinajstić information content (AvgIpc) is 2.08. The minimum Gasteiger partial charge on any atom is -0.315 e. The molecule has 0 radical (unpaired) electrons. The summed E-state index contributed by atoms with van der Waals surface area (Å²) in [4.78, 5) is 0. The normalized spacial score (nSPS) is 28.8. The molecular formula is C4H8ClNO2S. The summed E-state index contributed by atoms with van der Waals surface area (Å²) in [6.07, 6.45) is 0.645. The van der Waals surface area contributed by atoms with E-state index in [2.05, 4.69) is 5.32 Å². The monoisotopic (exact) mass is 169 g/mol. The number of nitrogens with one attached hydrogen (secondary N) is 1. The van der Waals surface area contributed by atoms with Gasteiger partial charge in [0.25, 0.3) is 0 Å². The predicted octanol–water partition coefficient (Wildman–Crippen LogP) is -0.0831. The van der Waals surface area contributed by atoms with Crippen LogP contribution in [0.1, 0.15) is 6.42 Å². The van der Waals surface area contributed by atoms with Crippen molar-refractivity contribution >= 4 is 19.7 Å². The van der Waals surface area contributed by atoms with Gasteiger partial charge in [0.2, 0.25) is 9.05 Å². The van der Waals surface area contributed by atoms with Crippen molar-refractivity contribution in [2.45, 2.75) is 11.7 Å². The summed E-state index contributed by atoms with van der Waals surface area (Å²) in [5.74, 6) is 0. The highest BCUT2D eigenvalue weighted by atomic mass is 35.7. The molecule has 1 aliphatic heterocycles. The van der Waals surface area contributed by atoms with E-state index in [0.29, 0.717) is 13.0 Å². The molecule has 1 fully saturated rings. The minimum absolute atomic E-state index is 0.362. The van der Waals surface area contributed by atoms with Crippen LogP contribution in [-0.2, 0) is 9.05 Å². The molecule has 5 heteroatoms. The second-order valence-electron chi connectivity index (χ2n) is 2.09. The molecule has 0 aliphatic carbocycles. The summed E-state index contributed by atoms with van der Waals surface area (Å²) in [6.45, 7) is 1.27. The molecule has 1 rings (SSSR count). The van der Waals surface area contributed by atoms with Gasteiger partial charge in [-0.25, -0.2) is 8.42 Å². The zero-order valence-electron chi connectivity index (χ0n) is 4.80. The maximum absolute atomic E-state index is 10.6. The van der Waals surface area contributed by atoms with E-state index in [4.69, 9.17) is 10.7 Å². The lowest BCUT2D eigenvalue weighted by Crippen LogP contribution is -2.19. The first-order valence-electron chi connectivity index (χ1n) is 2.75. The molecule has 0 unspecified atom stereocenters. The van der Waals surface area contributed by atoms with E-state index >= 15 is 0 Å². The van der Waals surface area contributed by atoms with Crippen molar-refractivity contribution < 1.29 is 8.42 Å². The van der Waals surface area contributed by atoms with E-state index in [0.717, 1.165) is 6.54 Å². The quantitative estimate of drug-likeness (QED) is 0.559. The van der Waals surface area contributed by atoms with Gasteiger partial charge >= 0.3 is 0 Å². The van der Waals surface area contributed by atoms with Gasteiger partial charge in [0, 0.05) is 17.2 Å². The van der Waals surface area contributed by atoms with Crippen molar-refractivity contribution in [3.8, 4) is 0 Å². The zero-order valence-corrected chi connectivity index (χ0v) is 6.37. The molecule has 0 amide bonds. The van der Waals surface area contributed by atoms with E-state index in [-0.39, 0.29) is 5.25 Å². The molecule has 1 atom stereocenters. The molecule has 0 aromatic rings. The Morgan fingerprint density at radius 1 is 1.56 bits per heavy atom. The lowest BCUT2D eigenvalue weighted by Gasteiger charge is -1.99. The molecule has 0 aromatic heterocycles. The first-order chi connectivity index (χ1) is 4.11. The van der Waals surface area contributed by atoms with E-state index in [9.17, 15) is 8.42 Å². The number of hydrogen-bond acceptors (Lipinski definition) is 3. The van der Waals surface area contributed by atoms with Crippen LogP contribution in [0.15, 0.2) is 0 Å². The van der Waals surface area contributed by atoms with Crippen molar-refractivity contribution in [2.24, 2.45) is 0 Å². The van der Waals surface area contributed by atoms with Gasteiger partial charge in [0.1, 0.15) is 0 Å². The standard InChI is InChI=1S/C4H8ClNO2S/c5-9(7,8)4-1-2-6-3-4/h4,6H,1-3H2/t4-/m1/s1. The van der Waals surface area contributed by atoms with E-state index in [1.54, 1.807) is 0 Å². The maximum atomic E-state index is 10.6. The maximum Gasteiger partial charge on any atom is 0.236 e. The lowest BCUT2D eigenvalue weighted by atomic mass is 10.4. The summed E-state index contributed by atoms with van der Waals surface area (Å²) in [5, 5.41) is 2.55. The molecule has 1 N–H and O–H groups in total. The predicted molar refractivity (Wildman–Crippen MR) is 36.0 cm³/mol. The molecule has 0 aromatic carbocycles. The summed E-state index contributed by atoms with van der Waals surface area (Å²) >= 11 is 0. The SMILES string of the molecule is O=S(=O)(Cl)[C@@H]1CCNC1. The van der Waals surface area contributed by atoms with Crippen molar-refractivity contribution in [3.05, 3.63) is 0 Å². The van der Waals surface area contributed by atoms with Crippen LogP contribution in [0, 0.1) is 0 Å². The lowest BCUT2D eigenvalue weighted by molar-refractivity contribution is 0.597. The Morgan fingerprint density at radius 2 is 2.22 bits per heavy atom. The fourth-order valence-electron chi connectivity index (χ4n) is 0.868. The molecule has 1 heterocycles. The van der Waals surface area contributed by atoms with Gasteiger partial charge in [0.15, 0.2) is 0 Å². The highest BCUT2D eigenvalue weighted by Gasteiger charge is 2.25. The molecule has 54 valence electrons. The fourth-order valence-corrected chi connectivity index (χ4v) is 2.04. The molecular weight excluding hydrogens is 162 g/mol. The third-order valence-corrected chi connectivity index (χ3v) is 3.37. The molecule has 9 heavy (non-hydrogen) atoms. The third kappa shape index (κ3) is 1.81. The molecule has 0 spiro atoms. The second kappa shape index (κ2) is 2.44. The van der Waals surface area contributed by atoms with Crippen LogP contribution in [-0.4, -0.2) is 26.8 Å². The Bertz CT molecular complexity index is 183. The van der Waals surface area contributed by atoms with E-state index in [1.807, 2.05) is 0 Å². The molecule has 3 nitrogen and oxygen atoms in total. The molecule has 0 saturated carbocycles. The van der Waals surface area contributed by atoms with Crippen molar-refractivity contribution in [2.75, 3.05) is 13.1 Å². The first-order valence-corrected chi connectivity index (χ1v) is 5.12. The third-order valence-electron chi connectivity index (χ3n) is 1.41. The molecule has 1 saturated heterocycles. The summed E-state index contributed by atoms with van der Waals surface area (Å²) < 4.78 is 21.1. The Labute approximate surface area is 58.8 Å². The van der Waals surface area contributed by atoms with Gasteiger partial charge in [-0.15, -0.1) is 0 Å². The van der Waals surface area contributed by atoms with Crippen LogP contribution < -0.4 is 5.32 Å². The number of rotatable bonds is 1. The molecule has 1 aliphatic rings. The van der Waals surface area contributed by atoms with Crippen molar-refractivity contribution in [1.29, 1.82) is 0 Å². The van der Waals surface area contributed by atoms with Gasteiger partial charge < -0.3 is 5.32 Å². The Balaban J connectivity index is 2.63. The largest absolute Gasteiger partial charge is 0.315 e. The van der Waals surface area contributed by atoms with E-state index in [1.165, 1.54) is 0 Å². The first kappa shape index (κ1) is 7.31. The van der Waals surface area contributed by atoms with Gasteiger partial charge in [-0.1, -0.05) is 0 Å². The summed E-state index contributed by atoms with van der Waals surface area (Å²) in [6, 6.07) is 0. The Hall–Kier alpha value is 0.200. The number of halogens is 1. The Morgan fingerprint density at radius 3 is 2.44 bits per heavy atom. The average molecular weight is 170 g/mol. The van der Waals surface area contributed by atoms with Crippen molar-refractivity contribution in [3.63, 3.8) is 0 Å². The highest BCUT2D eigenvalue weighted by Crippen LogP contribution is 2.13. The smallest absolute Gasteiger partial charge is 0.236 e. The fraction of sp³-hybridized carbons (Fsp3) is 1.00. The van der Waals surface area contributed by atoms with E-state index < -0.39 is 9.05 Å². The van der Waals surface area contributed by atoms with Crippen LogP contribution in [0.5, 0.6) is 0 Å². The molecule has 0 bridgehead atoms. The van der Waals surface area contributed by atoms with Gasteiger partial charge in [-0.05, 0) is 13.0 Å². The second-order valence-corrected chi connectivity index (χ2v) is 5.00. The minimum atomic E-state index is -3.29. The van der Waals surface area contributed by atoms with Gasteiger partial charge in [-0.3, -0.25) is 0 Å². The van der Waals surface area contributed by atoms with Gasteiger partial charge in [-0.2, -0.15) is 0 Å². The van der Waals surface area contributed by atoms with Crippen molar-refractivity contribution in [1.82, 2.24) is 5.32 Å². The van der Waals surface area contributed by atoms with Crippen LogP contribution in [0.25, 0.3) is 0 Å². The van der Waals surface area contributed by atoms with Crippen LogP contribution in [0.4, 0.5) is 0 Å². The van der Waals surface area contributed by atoms with Gasteiger partial charge in [0.05, 0.1) is 5.25 Å². The number of hydrogen-bond donors (Lipinski definition) is 1. The summed E-state index contributed by atoms with van der Waals surface area (Å²) in [7, 11) is 1.78. The summed E-state index contributed by atoms with van der Waals surface area (Å²) in [5.41, 5.74) is 0. The van der Waals surface area contributed by atoms with Crippen LogP contribution >= 0.6 is 10.7 Å².